The highest BCUT2D eigenvalue weighted by molar-refractivity contribution is 5.76. The van der Waals surface area contributed by atoms with E-state index in [0.29, 0.717) is 12.3 Å². The second kappa shape index (κ2) is 6.86. The van der Waals surface area contributed by atoms with Gasteiger partial charge in [-0.2, -0.15) is 0 Å². The third kappa shape index (κ3) is 4.49. The molecule has 94 valence electrons. The van der Waals surface area contributed by atoms with E-state index in [1.165, 1.54) is 0 Å². The summed E-state index contributed by atoms with van der Waals surface area (Å²) in [6, 6.07) is 0.195. The van der Waals surface area contributed by atoms with Crippen molar-refractivity contribution in [3.63, 3.8) is 0 Å². The molecule has 16 heavy (non-hydrogen) atoms. The van der Waals surface area contributed by atoms with Crippen LogP contribution in [0.4, 0.5) is 0 Å². The van der Waals surface area contributed by atoms with Gasteiger partial charge in [-0.15, -0.1) is 0 Å². The first kappa shape index (κ1) is 13.5. The van der Waals surface area contributed by atoms with Crippen LogP contribution in [-0.2, 0) is 9.53 Å². The molecule has 0 saturated carbocycles. The van der Waals surface area contributed by atoms with Gasteiger partial charge in [-0.1, -0.05) is 13.3 Å². The molecular formula is C12H24N2O2. The van der Waals surface area contributed by atoms with Gasteiger partial charge in [0.1, 0.15) is 0 Å². The van der Waals surface area contributed by atoms with Crippen LogP contribution >= 0.6 is 0 Å². The first-order valence-electron chi connectivity index (χ1n) is 6.26. The number of ether oxygens (including phenoxy) is 1. The van der Waals surface area contributed by atoms with E-state index < -0.39 is 0 Å². The van der Waals surface area contributed by atoms with Crippen LogP contribution in [0.2, 0.25) is 0 Å². The van der Waals surface area contributed by atoms with E-state index in [0.717, 1.165) is 32.5 Å². The lowest BCUT2D eigenvalue weighted by atomic mass is 10.0. The minimum Gasteiger partial charge on any atom is -0.381 e. The van der Waals surface area contributed by atoms with Crippen molar-refractivity contribution < 1.29 is 9.53 Å². The summed E-state index contributed by atoms with van der Waals surface area (Å²) in [7, 11) is 0. The summed E-state index contributed by atoms with van der Waals surface area (Å²) in [5.74, 6) is 0.534. The molecule has 3 unspecified atom stereocenters. The molecule has 3 atom stereocenters. The Hall–Kier alpha value is -0.610. The summed E-state index contributed by atoms with van der Waals surface area (Å²) in [6.45, 7) is 5.71. The Morgan fingerprint density at radius 1 is 1.62 bits per heavy atom. The first-order valence-corrected chi connectivity index (χ1v) is 6.26. The van der Waals surface area contributed by atoms with E-state index in [-0.39, 0.29) is 18.0 Å². The summed E-state index contributed by atoms with van der Waals surface area (Å²) in [5.41, 5.74) is 5.83. The molecule has 1 aliphatic heterocycles. The largest absolute Gasteiger partial charge is 0.381 e. The van der Waals surface area contributed by atoms with Gasteiger partial charge in [-0.3, -0.25) is 4.79 Å². The molecule has 0 spiro atoms. The van der Waals surface area contributed by atoms with Crippen LogP contribution in [0.15, 0.2) is 0 Å². The van der Waals surface area contributed by atoms with Crippen molar-refractivity contribution in [1.29, 1.82) is 0 Å². The summed E-state index contributed by atoms with van der Waals surface area (Å²) in [4.78, 5) is 11.7. The third-order valence-corrected chi connectivity index (χ3v) is 3.17. The number of carbonyl (C=O) groups excluding carboxylic acids is 1. The maximum atomic E-state index is 11.7. The average Bonchev–Trinajstić information content (AvgIpc) is 2.69. The van der Waals surface area contributed by atoms with Gasteiger partial charge in [-0.05, 0) is 19.8 Å². The van der Waals surface area contributed by atoms with Crippen LogP contribution in [0.1, 0.15) is 39.5 Å². The highest BCUT2D eigenvalue weighted by Crippen LogP contribution is 2.16. The van der Waals surface area contributed by atoms with Gasteiger partial charge in [0.25, 0.3) is 0 Å². The van der Waals surface area contributed by atoms with Crippen molar-refractivity contribution in [1.82, 2.24) is 5.32 Å². The summed E-state index contributed by atoms with van der Waals surface area (Å²) in [5, 5.41) is 3.01. The number of carbonyl (C=O) groups is 1. The Balaban J connectivity index is 2.22. The Morgan fingerprint density at radius 3 is 2.94 bits per heavy atom. The predicted octanol–water partition coefficient (Wildman–Crippen LogP) is 1.05. The average molecular weight is 228 g/mol. The molecule has 0 aromatic heterocycles. The molecule has 0 aliphatic carbocycles. The van der Waals surface area contributed by atoms with Crippen molar-refractivity contribution in [2.75, 3.05) is 13.2 Å². The molecule has 4 nitrogen and oxygen atoms in total. The van der Waals surface area contributed by atoms with E-state index in [1.807, 2.05) is 6.92 Å². The molecule has 1 amide bonds. The second-order valence-electron chi connectivity index (χ2n) is 4.73. The number of nitrogens with two attached hydrogens (primary N) is 1. The highest BCUT2D eigenvalue weighted by atomic mass is 16.5. The number of hydrogen-bond donors (Lipinski definition) is 2. The van der Waals surface area contributed by atoms with E-state index in [9.17, 15) is 4.79 Å². The molecule has 1 heterocycles. The van der Waals surface area contributed by atoms with Crippen molar-refractivity contribution >= 4 is 5.91 Å². The fraction of sp³-hybridized carbons (Fsp3) is 0.917. The van der Waals surface area contributed by atoms with Gasteiger partial charge in [0.15, 0.2) is 0 Å². The van der Waals surface area contributed by atoms with Crippen molar-refractivity contribution in [2.45, 2.75) is 51.6 Å². The quantitative estimate of drug-likeness (QED) is 0.714. The molecule has 1 saturated heterocycles. The van der Waals surface area contributed by atoms with Gasteiger partial charge in [0.05, 0.1) is 6.61 Å². The molecule has 0 aromatic rings. The van der Waals surface area contributed by atoms with E-state index >= 15 is 0 Å². The lowest BCUT2D eigenvalue weighted by Gasteiger charge is -2.20. The monoisotopic (exact) mass is 228 g/mol. The van der Waals surface area contributed by atoms with Gasteiger partial charge in [0.2, 0.25) is 5.91 Å². The molecule has 1 aliphatic rings. The van der Waals surface area contributed by atoms with Crippen LogP contribution in [0.5, 0.6) is 0 Å². The molecule has 0 radical (unpaired) electrons. The van der Waals surface area contributed by atoms with Crippen molar-refractivity contribution in [3.8, 4) is 0 Å². The van der Waals surface area contributed by atoms with Gasteiger partial charge >= 0.3 is 0 Å². The van der Waals surface area contributed by atoms with Crippen molar-refractivity contribution in [3.05, 3.63) is 0 Å². The lowest BCUT2D eigenvalue weighted by molar-refractivity contribution is -0.122. The second-order valence-corrected chi connectivity index (χ2v) is 4.73. The maximum Gasteiger partial charge on any atom is 0.221 e. The van der Waals surface area contributed by atoms with E-state index in [2.05, 4.69) is 12.2 Å². The van der Waals surface area contributed by atoms with E-state index in [1.54, 1.807) is 0 Å². The third-order valence-electron chi connectivity index (χ3n) is 3.17. The Labute approximate surface area is 97.9 Å². The highest BCUT2D eigenvalue weighted by Gasteiger charge is 2.23. The minimum atomic E-state index is -0.00275. The zero-order chi connectivity index (χ0) is 12.0. The standard InChI is InChI=1S/C12H24N2O2/c1-3-4-11(13)7-12(15)14-9(2)10-5-6-16-8-10/h9-11H,3-8,13H2,1-2H3,(H,14,15). The van der Waals surface area contributed by atoms with Crippen LogP contribution in [0.3, 0.4) is 0 Å². The first-order chi connectivity index (χ1) is 7.63. The normalized spacial score (nSPS) is 24.1. The van der Waals surface area contributed by atoms with Gasteiger partial charge in [0, 0.05) is 31.0 Å². The van der Waals surface area contributed by atoms with Gasteiger partial charge in [-0.25, -0.2) is 0 Å². The minimum absolute atomic E-state index is 0.00275. The zero-order valence-electron chi connectivity index (χ0n) is 10.4. The number of nitrogens with one attached hydrogen (secondary N) is 1. The SMILES string of the molecule is CCCC(N)CC(=O)NC(C)C1CCOC1. The van der Waals surface area contributed by atoms with Crippen molar-refractivity contribution in [2.24, 2.45) is 11.7 Å². The molecule has 3 N–H and O–H groups in total. The van der Waals surface area contributed by atoms with Gasteiger partial charge < -0.3 is 15.8 Å². The summed E-state index contributed by atoms with van der Waals surface area (Å²) in [6.07, 6.45) is 3.42. The maximum absolute atomic E-state index is 11.7. The molecule has 0 bridgehead atoms. The predicted molar refractivity (Wildman–Crippen MR) is 64.0 cm³/mol. The topological polar surface area (TPSA) is 64.4 Å². The molecule has 0 aromatic carbocycles. The molecule has 1 rings (SSSR count). The van der Waals surface area contributed by atoms with Crippen LogP contribution in [-0.4, -0.2) is 31.2 Å². The molecular weight excluding hydrogens is 204 g/mol. The Kier molecular flexibility index (Phi) is 5.77. The van der Waals surface area contributed by atoms with Crippen LogP contribution in [0, 0.1) is 5.92 Å². The molecule has 4 heteroatoms. The fourth-order valence-electron chi connectivity index (χ4n) is 2.09. The summed E-state index contributed by atoms with van der Waals surface area (Å²) >= 11 is 0. The Morgan fingerprint density at radius 2 is 2.38 bits per heavy atom. The smallest absolute Gasteiger partial charge is 0.221 e. The molecule has 1 fully saturated rings. The number of amides is 1. The van der Waals surface area contributed by atoms with E-state index in [4.69, 9.17) is 10.5 Å². The number of hydrogen-bond acceptors (Lipinski definition) is 3. The fourth-order valence-corrected chi connectivity index (χ4v) is 2.09. The summed E-state index contributed by atoms with van der Waals surface area (Å²) < 4.78 is 5.30. The Bertz CT molecular complexity index is 215. The zero-order valence-corrected chi connectivity index (χ0v) is 10.4. The number of rotatable bonds is 6. The lowest BCUT2D eigenvalue weighted by Crippen LogP contribution is -2.40. The van der Waals surface area contributed by atoms with Crippen LogP contribution < -0.4 is 11.1 Å². The van der Waals surface area contributed by atoms with Crippen LogP contribution in [0.25, 0.3) is 0 Å².